The van der Waals surface area contributed by atoms with Crippen LogP contribution in [0.5, 0.6) is 0 Å². The minimum atomic E-state index is -0.240. The third-order valence-corrected chi connectivity index (χ3v) is 3.28. The Kier molecular flexibility index (Phi) is 3.20. The van der Waals surface area contributed by atoms with Crippen molar-refractivity contribution in [2.24, 2.45) is 5.10 Å². The summed E-state index contributed by atoms with van der Waals surface area (Å²) in [6.45, 7) is 0.426. The first-order valence-electron chi connectivity index (χ1n) is 6.42. The number of nitrogens with zero attached hydrogens (tertiary/aromatic N) is 1. The number of nitrogens with one attached hydrogen (secondary N) is 3. The molecular formula is C14H14N4O2. The van der Waals surface area contributed by atoms with Crippen LogP contribution in [0.3, 0.4) is 0 Å². The topological polar surface area (TPSA) is 86.3 Å². The number of para-hydroxylation sites is 1. The van der Waals surface area contributed by atoms with Gasteiger partial charge in [0, 0.05) is 36.5 Å². The van der Waals surface area contributed by atoms with Gasteiger partial charge in [-0.25, -0.2) is 5.43 Å². The Morgan fingerprint density at radius 2 is 2.15 bits per heavy atom. The minimum Gasteiger partial charge on any atom is -0.361 e. The molecule has 2 amide bonds. The van der Waals surface area contributed by atoms with E-state index in [0.717, 1.165) is 16.5 Å². The van der Waals surface area contributed by atoms with Gasteiger partial charge in [-0.15, -0.1) is 0 Å². The lowest BCUT2D eigenvalue weighted by molar-refractivity contribution is -0.121. The van der Waals surface area contributed by atoms with E-state index < -0.39 is 0 Å². The molecule has 0 bridgehead atoms. The number of rotatable bonds is 3. The number of hydrogen-bond acceptors (Lipinski definition) is 3. The molecule has 1 aromatic heterocycles. The van der Waals surface area contributed by atoms with Crippen molar-refractivity contribution >= 4 is 28.4 Å². The zero-order valence-electron chi connectivity index (χ0n) is 10.8. The number of aromatic amines is 1. The van der Waals surface area contributed by atoms with Crippen molar-refractivity contribution in [3.05, 3.63) is 36.0 Å². The van der Waals surface area contributed by atoms with Crippen LogP contribution in [0.2, 0.25) is 0 Å². The molecule has 0 saturated carbocycles. The fourth-order valence-corrected chi connectivity index (χ4v) is 2.19. The van der Waals surface area contributed by atoms with Crippen LogP contribution < -0.4 is 10.7 Å². The highest BCUT2D eigenvalue weighted by Crippen LogP contribution is 2.17. The Hall–Kier alpha value is -2.63. The van der Waals surface area contributed by atoms with E-state index in [9.17, 15) is 9.59 Å². The molecule has 0 saturated heterocycles. The van der Waals surface area contributed by atoms with Crippen LogP contribution in [0.4, 0.5) is 0 Å². The molecule has 1 aromatic carbocycles. The number of hydrazone groups is 1. The van der Waals surface area contributed by atoms with Gasteiger partial charge in [-0.1, -0.05) is 18.2 Å². The number of carbonyl (C=O) groups excluding carboxylic acids is 2. The number of carbonyl (C=O) groups is 2. The Labute approximate surface area is 115 Å². The summed E-state index contributed by atoms with van der Waals surface area (Å²) in [6, 6.07) is 7.91. The fourth-order valence-electron chi connectivity index (χ4n) is 2.19. The standard InChI is InChI=1S/C14H14N4O2/c19-13-6-5-12(17-18-13)14(20)16-8-9-7-15-11-4-2-1-3-10(9)11/h1-4,7,15H,5-6,8H2,(H,16,20)(H,18,19). The summed E-state index contributed by atoms with van der Waals surface area (Å²) in [5.41, 5.74) is 4.75. The molecule has 20 heavy (non-hydrogen) atoms. The van der Waals surface area contributed by atoms with E-state index in [1.807, 2.05) is 30.5 Å². The second-order valence-corrected chi connectivity index (χ2v) is 4.64. The van der Waals surface area contributed by atoms with Gasteiger partial charge in [-0.05, 0) is 11.6 Å². The summed E-state index contributed by atoms with van der Waals surface area (Å²) in [7, 11) is 0. The van der Waals surface area contributed by atoms with Gasteiger partial charge in [0.1, 0.15) is 5.71 Å². The lowest BCUT2D eigenvalue weighted by Crippen LogP contribution is -2.36. The van der Waals surface area contributed by atoms with Gasteiger partial charge in [0.2, 0.25) is 5.91 Å². The van der Waals surface area contributed by atoms with Gasteiger partial charge in [-0.3, -0.25) is 9.59 Å². The summed E-state index contributed by atoms with van der Waals surface area (Å²) in [6.07, 6.45) is 2.57. The normalized spacial score (nSPS) is 14.8. The Balaban J connectivity index is 1.67. The first-order chi connectivity index (χ1) is 9.74. The van der Waals surface area contributed by atoms with E-state index in [-0.39, 0.29) is 11.8 Å². The largest absolute Gasteiger partial charge is 0.361 e. The van der Waals surface area contributed by atoms with E-state index in [4.69, 9.17) is 0 Å². The van der Waals surface area contributed by atoms with Crippen molar-refractivity contribution in [2.45, 2.75) is 19.4 Å². The third kappa shape index (κ3) is 2.40. The van der Waals surface area contributed by atoms with Gasteiger partial charge in [0.15, 0.2) is 0 Å². The highest BCUT2D eigenvalue weighted by molar-refractivity contribution is 6.39. The van der Waals surface area contributed by atoms with Crippen LogP contribution in [0.15, 0.2) is 35.6 Å². The zero-order valence-corrected chi connectivity index (χ0v) is 10.8. The lowest BCUT2D eigenvalue weighted by Gasteiger charge is -2.11. The predicted molar refractivity (Wildman–Crippen MR) is 75.0 cm³/mol. The van der Waals surface area contributed by atoms with E-state index in [0.29, 0.717) is 25.1 Å². The molecule has 6 heteroatoms. The first kappa shape index (κ1) is 12.4. The maximum absolute atomic E-state index is 11.9. The van der Waals surface area contributed by atoms with Crippen molar-refractivity contribution in [1.82, 2.24) is 15.7 Å². The number of H-pyrrole nitrogens is 1. The average molecular weight is 270 g/mol. The maximum Gasteiger partial charge on any atom is 0.267 e. The molecular weight excluding hydrogens is 256 g/mol. The summed E-state index contributed by atoms with van der Waals surface area (Å²) >= 11 is 0. The molecule has 6 nitrogen and oxygen atoms in total. The molecule has 2 aromatic rings. The lowest BCUT2D eigenvalue weighted by atomic mass is 10.1. The highest BCUT2D eigenvalue weighted by Gasteiger charge is 2.18. The fraction of sp³-hybridized carbons (Fsp3) is 0.214. The molecule has 3 N–H and O–H groups in total. The summed E-state index contributed by atoms with van der Waals surface area (Å²) < 4.78 is 0. The average Bonchev–Trinajstić information content (AvgIpc) is 2.89. The number of fused-ring (bicyclic) bond motifs is 1. The smallest absolute Gasteiger partial charge is 0.267 e. The van der Waals surface area contributed by atoms with Gasteiger partial charge >= 0.3 is 0 Å². The van der Waals surface area contributed by atoms with Gasteiger partial charge in [-0.2, -0.15) is 5.10 Å². The van der Waals surface area contributed by atoms with Crippen molar-refractivity contribution in [1.29, 1.82) is 0 Å². The molecule has 0 fully saturated rings. The van der Waals surface area contributed by atoms with Crippen LogP contribution >= 0.6 is 0 Å². The van der Waals surface area contributed by atoms with Crippen LogP contribution in [0, 0.1) is 0 Å². The van der Waals surface area contributed by atoms with Crippen LogP contribution in [0.25, 0.3) is 10.9 Å². The molecule has 102 valence electrons. The number of hydrogen-bond donors (Lipinski definition) is 3. The molecule has 0 unspecified atom stereocenters. The minimum absolute atomic E-state index is 0.154. The Morgan fingerprint density at radius 1 is 1.30 bits per heavy atom. The summed E-state index contributed by atoms with van der Waals surface area (Å²) in [5.74, 6) is -0.395. The molecule has 0 aliphatic carbocycles. The van der Waals surface area contributed by atoms with Crippen molar-refractivity contribution in [3.8, 4) is 0 Å². The summed E-state index contributed by atoms with van der Waals surface area (Å²) in [5, 5.41) is 7.68. The molecule has 0 radical (unpaired) electrons. The van der Waals surface area contributed by atoms with Crippen molar-refractivity contribution in [3.63, 3.8) is 0 Å². The first-order valence-corrected chi connectivity index (χ1v) is 6.42. The second kappa shape index (κ2) is 5.16. The third-order valence-electron chi connectivity index (χ3n) is 3.28. The van der Waals surface area contributed by atoms with Crippen LogP contribution in [-0.2, 0) is 16.1 Å². The predicted octanol–water partition coefficient (Wildman–Crippen LogP) is 1.05. The molecule has 1 aliphatic heterocycles. The maximum atomic E-state index is 11.9. The molecule has 1 aliphatic rings. The SMILES string of the molecule is O=C1CCC(C(=O)NCc2c[nH]c3ccccc23)=NN1. The molecule has 0 atom stereocenters. The number of aromatic nitrogens is 1. The van der Waals surface area contributed by atoms with E-state index in [1.54, 1.807) is 0 Å². The van der Waals surface area contributed by atoms with Crippen LogP contribution in [-0.4, -0.2) is 22.5 Å². The van der Waals surface area contributed by atoms with E-state index >= 15 is 0 Å². The molecule has 0 spiro atoms. The Bertz CT molecular complexity index is 702. The highest BCUT2D eigenvalue weighted by atomic mass is 16.2. The van der Waals surface area contributed by atoms with Gasteiger partial charge < -0.3 is 10.3 Å². The quantitative estimate of drug-likeness (QED) is 0.778. The van der Waals surface area contributed by atoms with Gasteiger partial charge in [0.25, 0.3) is 5.91 Å². The number of amides is 2. The zero-order chi connectivity index (χ0) is 13.9. The molecule has 3 rings (SSSR count). The number of benzene rings is 1. The van der Waals surface area contributed by atoms with E-state index in [1.165, 1.54) is 0 Å². The van der Waals surface area contributed by atoms with Crippen molar-refractivity contribution < 1.29 is 9.59 Å². The monoisotopic (exact) mass is 270 g/mol. The Morgan fingerprint density at radius 3 is 2.95 bits per heavy atom. The summed E-state index contributed by atoms with van der Waals surface area (Å²) in [4.78, 5) is 26.1. The van der Waals surface area contributed by atoms with E-state index in [2.05, 4.69) is 20.8 Å². The second-order valence-electron chi connectivity index (χ2n) is 4.64. The molecule has 2 heterocycles. The van der Waals surface area contributed by atoms with Crippen LogP contribution in [0.1, 0.15) is 18.4 Å². The van der Waals surface area contributed by atoms with Crippen molar-refractivity contribution in [2.75, 3.05) is 0 Å². The van der Waals surface area contributed by atoms with Gasteiger partial charge in [0.05, 0.1) is 0 Å².